The summed E-state index contributed by atoms with van der Waals surface area (Å²) >= 11 is 0. The van der Waals surface area contributed by atoms with Gasteiger partial charge in [0.05, 0.1) is 8.41 Å². The highest BCUT2D eigenvalue weighted by Gasteiger charge is 2.40. The number of phosphoric acid groups is 9. The molecular weight excluding hydrogens is 770 g/mol. The summed E-state index contributed by atoms with van der Waals surface area (Å²) in [7, 11) is -48.5. The Morgan fingerprint density at radius 3 is 0.375 bits per heavy atom. The van der Waals surface area contributed by atoms with Gasteiger partial charge in [-0.25, -0.2) is 41.1 Å². The Kier molecular flexibility index (Phi) is 20.0. The normalized spacial score (nSPS) is 14.2. The van der Waals surface area contributed by atoms with Crippen molar-refractivity contribution in [1.29, 1.82) is 0 Å². The monoisotopic (exact) mass is 788 g/mol. The van der Waals surface area contributed by atoms with Crippen molar-refractivity contribution in [2.45, 2.75) is 0 Å². The first-order chi connectivity index (χ1) is 16.2. The summed E-state index contributed by atoms with van der Waals surface area (Å²) in [6, 6.07) is 0. The van der Waals surface area contributed by atoms with Gasteiger partial charge in [-0.15, -0.1) is 0 Å². The van der Waals surface area contributed by atoms with Crippen LogP contribution in [-0.2, 0) is 66.9 Å². The molecule has 0 rings (SSSR count). The van der Waals surface area contributed by atoms with Crippen molar-refractivity contribution < 1.29 is 140 Å². The molecule has 40 heavy (non-hydrogen) atoms. The van der Waals surface area contributed by atoms with Gasteiger partial charge >= 0.3 is 70.4 Å². The van der Waals surface area contributed by atoms with Crippen LogP contribution < -0.4 is 0 Å². The number of rotatable bonds is 12. The van der Waals surface area contributed by atoms with Crippen LogP contribution >= 0.6 is 70.4 Å². The first-order valence-corrected chi connectivity index (χ1v) is 20.5. The van der Waals surface area contributed by atoms with Gasteiger partial charge in [0.2, 0.25) is 0 Å². The lowest BCUT2D eigenvalue weighted by Crippen LogP contribution is -1.92. The average molecular weight is 788 g/mol. The van der Waals surface area contributed by atoms with Crippen LogP contribution in [-0.4, -0.2) is 81.8 Å². The summed E-state index contributed by atoms with van der Waals surface area (Å²) in [6.45, 7) is 0. The smallest absolute Gasteiger partial charge is 0.302 e. The van der Waals surface area contributed by atoms with Crippen LogP contribution in [0.4, 0.5) is 0 Å². The molecule has 0 aromatic rings. The van der Waals surface area contributed by atoms with Crippen molar-refractivity contribution in [3.63, 3.8) is 0 Å². The second-order valence-corrected chi connectivity index (χ2v) is 17.5. The molecule has 0 amide bonds. The van der Waals surface area contributed by atoms with Crippen LogP contribution in [0.15, 0.2) is 0 Å². The van der Waals surface area contributed by atoms with Crippen LogP contribution in [0.5, 0.6) is 0 Å². The van der Waals surface area contributed by atoms with E-state index in [1.807, 2.05) is 0 Å². The van der Waals surface area contributed by atoms with E-state index in [4.69, 9.17) is 73.4 Å². The molecule has 0 aliphatic carbocycles. The summed E-state index contributed by atoms with van der Waals surface area (Å²) in [5, 5.41) is 0. The minimum Gasteiger partial charge on any atom is -0.302 e. The molecule has 0 radical (unpaired) electrons. The molecule has 30 nitrogen and oxygen atoms in total. The van der Waals surface area contributed by atoms with Crippen molar-refractivity contribution in [2.75, 3.05) is 0 Å². The van der Waals surface area contributed by atoms with Gasteiger partial charge in [-0.1, -0.05) is 0 Å². The summed E-state index contributed by atoms with van der Waals surface area (Å²) in [5.74, 6) is 0. The van der Waals surface area contributed by atoms with Gasteiger partial charge in [0.1, 0.15) is 0 Å². The fourth-order valence-electron chi connectivity index (χ4n) is 0.851. The van der Waals surface area contributed by atoms with E-state index in [2.05, 4.69) is 25.9 Å². The van der Waals surface area contributed by atoms with E-state index in [1.165, 1.54) is 0 Å². The highest BCUT2D eigenvalue weighted by atomic mass is 31.3. The number of hydrogen-bond donors (Lipinski definition) is 15. The van der Waals surface area contributed by atoms with Gasteiger partial charge in [0.15, 0.2) is 0 Å². The molecule has 0 saturated heterocycles. The molecule has 40 heteroatoms. The van der Waals surface area contributed by atoms with Crippen LogP contribution in [0.2, 0.25) is 0 Å². The van der Waals surface area contributed by atoms with E-state index in [0.717, 1.165) is 0 Å². The lowest BCUT2D eigenvalue weighted by atomic mass is 10.8. The first-order valence-electron chi connectivity index (χ1n) is 6.83. The van der Waals surface area contributed by atoms with Gasteiger partial charge < -0.3 is 73.4 Å². The molecule has 0 aliphatic rings. The lowest BCUT2D eigenvalue weighted by Gasteiger charge is -2.12. The van der Waals surface area contributed by atoms with Crippen molar-refractivity contribution >= 4 is 78.8 Å². The Balaban J connectivity index is -0.000000240. The second-order valence-electron chi connectivity index (χ2n) is 4.84. The van der Waals surface area contributed by atoms with Crippen LogP contribution in [0.25, 0.3) is 0 Å². The van der Waals surface area contributed by atoms with E-state index in [1.54, 1.807) is 0 Å². The zero-order chi connectivity index (χ0) is 32.7. The van der Waals surface area contributed by atoms with E-state index >= 15 is 0 Å². The Morgan fingerprint density at radius 1 is 0.250 bits per heavy atom. The van der Waals surface area contributed by atoms with Crippen LogP contribution in [0.3, 0.4) is 0 Å². The van der Waals surface area contributed by atoms with E-state index in [9.17, 15) is 41.1 Å². The maximum Gasteiger partial charge on any atom is 0.490 e. The van der Waals surface area contributed by atoms with Crippen molar-refractivity contribution in [3.05, 3.63) is 0 Å². The van der Waals surface area contributed by atoms with Gasteiger partial charge in [0.25, 0.3) is 0 Å². The fraction of sp³-hybridized carbons (Fsp3) is 0. The minimum absolute atomic E-state index is 0. The first kappa shape index (κ1) is 48.2. The molecule has 246 valence electrons. The average Bonchev–Trinajstić information content (AvgIpc) is 2.28. The predicted molar refractivity (Wildman–Crippen MR) is 118 cm³/mol. The van der Waals surface area contributed by atoms with Crippen molar-refractivity contribution in [2.24, 2.45) is 0 Å². The zero-order valence-corrected chi connectivity index (χ0v) is 24.9. The molecule has 0 aromatic heterocycles. The fourth-order valence-corrected chi connectivity index (χ4v) is 8.47. The van der Waals surface area contributed by atoms with Gasteiger partial charge in [0, 0.05) is 0 Å². The van der Waals surface area contributed by atoms with E-state index in [-0.39, 0.29) is 8.41 Å². The Morgan fingerprint density at radius 2 is 0.325 bits per heavy atom. The highest BCUT2D eigenvalue weighted by Crippen LogP contribution is 2.66. The molecular formula is H18BO30P9. The van der Waals surface area contributed by atoms with E-state index in [0.29, 0.717) is 0 Å². The summed E-state index contributed by atoms with van der Waals surface area (Å²) in [6.07, 6.45) is 0. The molecule has 0 heterocycles. The molecule has 0 spiro atoms. The van der Waals surface area contributed by atoms with Gasteiger partial charge in [-0.2, -0.15) is 25.9 Å². The van der Waals surface area contributed by atoms with Crippen LogP contribution in [0.1, 0.15) is 0 Å². The largest absolute Gasteiger partial charge is 0.490 e. The summed E-state index contributed by atoms with van der Waals surface area (Å²) in [5.41, 5.74) is 0. The maximum absolute atomic E-state index is 10.4. The van der Waals surface area contributed by atoms with Gasteiger partial charge in [-0.3, -0.25) is 0 Å². The second kappa shape index (κ2) is 16.6. The third-order valence-electron chi connectivity index (χ3n) is 1.26. The molecule has 15 N–H and O–H groups in total. The topological polar surface area (TPSA) is 512 Å². The highest BCUT2D eigenvalue weighted by molar-refractivity contribution is 7.67. The third kappa shape index (κ3) is 41.4. The summed E-state index contributed by atoms with van der Waals surface area (Å²) in [4.78, 5) is 121. The van der Waals surface area contributed by atoms with Gasteiger partial charge in [-0.05, 0) is 0 Å². The lowest BCUT2D eigenvalue weighted by molar-refractivity contribution is 0.198. The Bertz CT molecular complexity index is 975. The van der Waals surface area contributed by atoms with E-state index < -0.39 is 70.4 Å². The maximum atomic E-state index is 10.4. The number of hydrogen-bond acceptors (Lipinski definition) is 15. The molecule has 0 atom stereocenters. The SMILES string of the molecule is B.O=P(O)(O)OP(=O)(O)OP(=O)(O)O.O=P(O)(O)OP(=O)(O)OP(=O)(O)O.O=P(O)(O)OP(=O)(O)OP(=O)(O)O. The quantitative estimate of drug-likeness (QED) is 0.0681. The summed E-state index contributed by atoms with van der Waals surface area (Å²) < 4.78 is 109. The van der Waals surface area contributed by atoms with Crippen molar-refractivity contribution in [1.82, 2.24) is 0 Å². The molecule has 0 saturated carbocycles. The molecule has 0 aromatic carbocycles. The van der Waals surface area contributed by atoms with Crippen molar-refractivity contribution in [3.8, 4) is 0 Å². The molecule has 0 unspecified atom stereocenters. The predicted octanol–water partition coefficient (Wildman–Crippen LogP) is -3.27. The minimum atomic E-state index is -5.46. The molecule has 0 aliphatic heterocycles. The Hall–Kier alpha value is 1.29. The molecule has 0 bridgehead atoms. The molecule has 0 fully saturated rings. The van der Waals surface area contributed by atoms with Crippen LogP contribution in [0, 0.1) is 0 Å². The standard InChI is InChI=1S/BH3.3H5O10P3/c;3*1-11(2,3)9-13(7,8)10-12(4,5)6/h1H3;3*(H,7,8)(H2,1,2,3)(H2,4,5,6). The Labute approximate surface area is 219 Å². The zero-order valence-electron chi connectivity index (χ0n) is 16.9. The third-order valence-corrected chi connectivity index (χ3v) is 11.3.